The minimum Gasteiger partial charge on any atom is -0.490 e. The summed E-state index contributed by atoms with van der Waals surface area (Å²) < 4.78 is 19.1. The van der Waals surface area contributed by atoms with E-state index < -0.39 is 5.60 Å². The van der Waals surface area contributed by atoms with Crippen molar-refractivity contribution >= 4 is 0 Å². The highest BCUT2D eigenvalue weighted by atomic mass is 19.1. The monoisotopic (exact) mass is 289 g/mol. The summed E-state index contributed by atoms with van der Waals surface area (Å²) in [5, 5.41) is 13.4. The first-order valence-electron chi connectivity index (χ1n) is 6.86. The maximum atomic E-state index is 13.5. The van der Waals surface area contributed by atoms with Crippen molar-refractivity contribution in [1.82, 2.24) is 5.32 Å². The van der Waals surface area contributed by atoms with E-state index in [1.165, 1.54) is 12.1 Å². The van der Waals surface area contributed by atoms with Crippen molar-refractivity contribution in [3.05, 3.63) is 65.5 Å². The van der Waals surface area contributed by atoms with E-state index in [1.54, 1.807) is 20.0 Å². The summed E-state index contributed by atoms with van der Waals surface area (Å²) in [6.07, 6.45) is 0. The van der Waals surface area contributed by atoms with Crippen LogP contribution in [0, 0.1) is 5.82 Å². The van der Waals surface area contributed by atoms with Gasteiger partial charge in [-0.3, -0.25) is 0 Å². The third-order valence-electron chi connectivity index (χ3n) is 3.23. The minimum absolute atomic E-state index is 0.0550. The standard InChI is InChI=1S/C17H20FNO2/c1-17(20,14-6-4-3-5-7-14)12-21-16-9-13(11-19-2)8-15(18)10-16/h3-10,19-20H,11-12H2,1-2H3. The number of rotatable bonds is 6. The fourth-order valence-corrected chi connectivity index (χ4v) is 2.11. The number of halogens is 1. The molecule has 1 unspecified atom stereocenters. The smallest absolute Gasteiger partial charge is 0.127 e. The summed E-state index contributed by atoms with van der Waals surface area (Å²) in [6.45, 7) is 2.29. The molecule has 3 nitrogen and oxygen atoms in total. The Morgan fingerprint density at radius 2 is 1.90 bits per heavy atom. The Labute approximate surface area is 124 Å². The van der Waals surface area contributed by atoms with Crippen molar-refractivity contribution in [2.45, 2.75) is 19.1 Å². The molecule has 0 saturated heterocycles. The quantitative estimate of drug-likeness (QED) is 0.859. The third-order valence-corrected chi connectivity index (χ3v) is 3.23. The van der Waals surface area contributed by atoms with Crippen molar-refractivity contribution in [3.63, 3.8) is 0 Å². The van der Waals surface area contributed by atoms with E-state index in [4.69, 9.17) is 4.74 Å². The Bertz CT molecular complexity index is 585. The Morgan fingerprint density at radius 1 is 1.19 bits per heavy atom. The average Bonchev–Trinajstić information content (AvgIpc) is 2.46. The van der Waals surface area contributed by atoms with Gasteiger partial charge in [-0.2, -0.15) is 0 Å². The molecular weight excluding hydrogens is 269 g/mol. The van der Waals surface area contributed by atoms with Gasteiger partial charge in [0.2, 0.25) is 0 Å². The number of benzene rings is 2. The predicted octanol–water partition coefficient (Wildman–Crippen LogP) is 2.83. The first-order valence-corrected chi connectivity index (χ1v) is 6.86. The van der Waals surface area contributed by atoms with Gasteiger partial charge in [0.25, 0.3) is 0 Å². The molecule has 0 spiro atoms. The van der Waals surface area contributed by atoms with E-state index in [-0.39, 0.29) is 12.4 Å². The topological polar surface area (TPSA) is 41.5 Å². The Morgan fingerprint density at radius 3 is 2.57 bits per heavy atom. The second-order valence-corrected chi connectivity index (χ2v) is 5.25. The zero-order valence-corrected chi connectivity index (χ0v) is 12.3. The normalized spacial score (nSPS) is 13.7. The van der Waals surface area contributed by atoms with E-state index in [0.29, 0.717) is 12.3 Å². The van der Waals surface area contributed by atoms with Crippen LogP contribution in [0.5, 0.6) is 5.75 Å². The van der Waals surface area contributed by atoms with E-state index in [1.807, 2.05) is 30.3 Å². The molecule has 112 valence electrons. The molecule has 0 saturated carbocycles. The SMILES string of the molecule is CNCc1cc(F)cc(OCC(C)(O)c2ccccc2)c1. The molecule has 2 aromatic rings. The fraction of sp³-hybridized carbons (Fsp3) is 0.294. The predicted molar refractivity (Wildman–Crippen MR) is 80.7 cm³/mol. The van der Waals surface area contributed by atoms with Crippen LogP contribution in [0.4, 0.5) is 4.39 Å². The maximum absolute atomic E-state index is 13.5. The van der Waals surface area contributed by atoms with Gasteiger partial charge in [-0.15, -0.1) is 0 Å². The van der Waals surface area contributed by atoms with Crippen LogP contribution in [-0.4, -0.2) is 18.8 Å². The van der Waals surface area contributed by atoms with Gasteiger partial charge in [0, 0.05) is 12.6 Å². The van der Waals surface area contributed by atoms with Gasteiger partial charge >= 0.3 is 0 Å². The summed E-state index contributed by atoms with van der Waals surface area (Å²) in [6, 6.07) is 13.8. The molecule has 0 heterocycles. The molecule has 0 radical (unpaired) electrons. The van der Waals surface area contributed by atoms with Crippen LogP contribution in [0.2, 0.25) is 0 Å². The molecule has 21 heavy (non-hydrogen) atoms. The lowest BCUT2D eigenvalue weighted by Crippen LogP contribution is -2.29. The molecular formula is C17H20FNO2. The first-order chi connectivity index (χ1) is 10.0. The van der Waals surface area contributed by atoms with Gasteiger partial charge < -0.3 is 15.2 Å². The Hall–Kier alpha value is -1.91. The van der Waals surface area contributed by atoms with E-state index in [9.17, 15) is 9.50 Å². The van der Waals surface area contributed by atoms with Crippen LogP contribution >= 0.6 is 0 Å². The molecule has 0 fully saturated rings. The van der Waals surface area contributed by atoms with Gasteiger partial charge in [0.05, 0.1) is 0 Å². The highest BCUT2D eigenvalue weighted by Gasteiger charge is 2.23. The van der Waals surface area contributed by atoms with Crippen LogP contribution < -0.4 is 10.1 Å². The molecule has 0 aliphatic carbocycles. The lowest BCUT2D eigenvalue weighted by Gasteiger charge is -2.24. The number of ether oxygens (including phenoxy) is 1. The Balaban J connectivity index is 2.09. The molecule has 2 rings (SSSR count). The van der Waals surface area contributed by atoms with Crippen molar-refractivity contribution in [2.75, 3.05) is 13.7 Å². The fourth-order valence-electron chi connectivity index (χ4n) is 2.11. The lowest BCUT2D eigenvalue weighted by molar-refractivity contribution is 0.00747. The van der Waals surface area contributed by atoms with Crippen molar-refractivity contribution < 1.29 is 14.2 Å². The van der Waals surface area contributed by atoms with Crippen LogP contribution in [0.3, 0.4) is 0 Å². The summed E-state index contributed by atoms with van der Waals surface area (Å²) in [5.41, 5.74) is 0.431. The minimum atomic E-state index is -1.13. The maximum Gasteiger partial charge on any atom is 0.127 e. The number of nitrogens with one attached hydrogen (secondary N) is 1. The van der Waals surface area contributed by atoms with Gasteiger partial charge in [0.15, 0.2) is 0 Å². The summed E-state index contributed by atoms with van der Waals surface area (Å²) >= 11 is 0. The van der Waals surface area contributed by atoms with Crippen LogP contribution in [0.15, 0.2) is 48.5 Å². The lowest BCUT2D eigenvalue weighted by atomic mass is 9.97. The first kappa shape index (κ1) is 15.5. The highest BCUT2D eigenvalue weighted by molar-refractivity contribution is 5.30. The van der Waals surface area contributed by atoms with Gasteiger partial charge in [-0.1, -0.05) is 30.3 Å². The van der Waals surface area contributed by atoms with E-state index in [2.05, 4.69) is 5.32 Å². The molecule has 0 bridgehead atoms. The van der Waals surface area contributed by atoms with E-state index >= 15 is 0 Å². The second kappa shape index (κ2) is 6.70. The molecule has 0 aliphatic heterocycles. The zero-order valence-electron chi connectivity index (χ0n) is 12.3. The summed E-state index contributed by atoms with van der Waals surface area (Å²) in [5.74, 6) is 0.0635. The number of aliphatic hydroxyl groups is 1. The molecule has 4 heteroatoms. The largest absolute Gasteiger partial charge is 0.490 e. The average molecular weight is 289 g/mol. The molecule has 0 amide bonds. The van der Waals surface area contributed by atoms with Gasteiger partial charge in [0.1, 0.15) is 23.8 Å². The van der Waals surface area contributed by atoms with Crippen molar-refractivity contribution in [2.24, 2.45) is 0 Å². The van der Waals surface area contributed by atoms with Gasteiger partial charge in [-0.25, -0.2) is 4.39 Å². The molecule has 1 atom stereocenters. The van der Waals surface area contributed by atoms with Crippen LogP contribution in [-0.2, 0) is 12.1 Å². The van der Waals surface area contributed by atoms with Crippen molar-refractivity contribution in [1.29, 1.82) is 0 Å². The summed E-state index contributed by atoms with van der Waals surface area (Å²) in [7, 11) is 1.80. The molecule has 0 aliphatic rings. The van der Waals surface area contributed by atoms with Gasteiger partial charge in [-0.05, 0) is 37.2 Å². The third kappa shape index (κ3) is 4.28. The second-order valence-electron chi connectivity index (χ2n) is 5.25. The zero-order chi connectivity index (χ0) is 15.3. The van der Waals surface area contributed by atoms with Crippen LogP contribution in [0.1, 0.15) is 18.1 Å². The van der Waals surface area contributed by atoms with Crippen molar-refractivity contribution in [3.8, 4) is 5.75 Å². The number of hydrogen-bond acceptors (Lipinski definition) is 3. The molecule has 2 aromatic carbocycles. The van der Waals surface area contributed by atoms with E-state index in [0.717, 1.165) is 11.1 Å². The summed E-state index contributed by atoms with van der Waals surface area (Å²) in [4.78, 5) is 0. The molecule has 2 N–H and O–H groups in total. The Kier molecular flexibility index (Phi) is 4.94. The molecule has 0 aromatic heterocycles. The highest BCUT2D eigenvalue weighted by Crippen LogP contribution is 2.23. The van der Waals surface area contributed by atoms with Crippen LogP contribution in [0.25, 0.3) is 0 Å². The number of hydrogen-bond donors (Lipinski definition) is 2.